The number of hydrogen-bond donors (Lipinski definition) is 1. The number of nitrogens with one attached hydrogen (secondary N) is 1. The Kier molecular flexibility index (Phi) is 2.63. The normalized spacial score (nSPS) is 24.5. The maximum atomic E-state index is 4.69. The van der Waals surface area contributed by atoms with E-state index in [2.05, 4.69) is 35.1 Å². The Labute approximate surface area is 102 Å². The van der Waals surface area contributed by atoms with Gasteiger partial charge in [0.1, 0.15) is 5.65 Å². The van der Waals surface area contributed by atoms with Gasteiger partial charge in [-0.1, -0.05) is 13.0 Å². The average molecular weight is 229 g/mol. The second-order valence-electron chi connectivity index (χ2n) is 5.04. The number of fused-ring (bicyclic) bond motifs is 1. The minimum Gasteiger partial charge on any atom is -0.311 e. The fourth-order valence-corrected chi connectivity index (χ4v) is 2.87. The Morgan fingerprint density at radius 1 is 1.47 bits per heavy atom. The summed E-state index contributed by atoms with van der Waals surface area (Å²) in [5, 5.41) is 3.66. The van der Waals surface area contributed by atoms with Gasteiger partial charge in [-0.2, -0.15) is 0 Å². The van der Waals surface area contributed by atoms with Gasteiger partial charge in [0.2, 0.25) is 0 Å². The molecule has 0 bridgehead atoms. The molecule has 0 spiro atoms. The van der Waals surface area contributed by atoms with Crippen LogP contribution in [0.15, 0.2) is 30.6 Å². The van der Waals surface area contributed by atoms with Crippen LogP contribution in [0.5, 0.6) is 0 Å². The van der Waals surface area contributed by atoms with E-state index >= 15 is 0 Å². The summed E-state index contributed by atoms with van der Waals surface area (Å²) in [6.07, 6.45) is 9.02. The van der Waals surface area contributed by atoms with Gasteiger partial charge in [-0.15, -0.1) is 0 Å². The first kappa shape index (κ1) is 10.8. The second-order valence-corrected chi connectivity index (χ2v) is 5.04. The topological polar surface area (TPSA) is 29.3 Å². The molecule has 0 saturated carbocycles. The van der Waals surface area contributed by atoms with Crippen LogP contribution in [0, 0.1) is 0 Å². The minimum absolute atomic E-state index is 0.290. The lowest BCUT2D eigenvalue weighted by Crippen LogP contribution is -2.41. The molecule has 0 amide bonds. The van der Waals surface area contributed by atoms with Gasteiger partial charge in [0.25, 0.3) is 0 Å². The van der Waals surface area contributed by atoms with Crippen LogP contribution in [-0.4, -0.2) is 21.5 Å². The zero-order valence-corrected chi connectivity index (χ0v) is 10.3. The van der Waals surface area contributed by atoms with E-state index in [0.717, 1.165) is 18.6 Å². The minimum atomic E-state index is 0.290. The fourth-order valence-electron chi connectivity index (χ4n) is 2.87. The first-order valence-corrected chi connectivity index (χ1v) is 6.49. The molecule has 1 aliphatic rings. The summed E-state index contributed by atoms with van der Waals surface area (Å²) in [5.41, 5.74) is 2.54. The molecule has 90 valence electrons. The maximum absolute atomic E-state index is 4.69. The lowest BCUT2D eigenvalue weighted by molar-refractivity contribution is 0.357. The standard InChI is InChI=1S/C14H19N3/c1-2-14(7-5-8-15-14)10-12-11-17-9-4-3-6-13(17)16-12/h3-4,6,9,11,15H,2,5,7-8,10H2,1H3. The molecule has 0 aromatic carbocycles. The Hall–Kier alpha value is -1.35. The molecule has 1 unspecified atom stereocenters. The highest BCUT2D eigenvalue weighted by Gasteiger charge is 2.32. The van der Waals surface area contributed by atoms with E-state index in [1.54, 1.807) is 0 Å². The van der Waals surface area contributed by atoms with Crippen molar-refractivity contribution in [3.8, 4) is 0 Å². The monoisotopic (exact) mass is 229 g/mol. The van der Waals surface area contributed by atoms with Crippen molar-refractivity contribution < 1.29 is 0 Å². The van der Waals surface area contributed by atoms with Crippen LogP contribution in [-0.2, 0) is 6.42 Å². The summed E-state index contributed by atoms with van der Waals surface area (Å²) < 4.78 is 2.10. The van der Waals surface area contributed by atoms with Crippen LogP contribution in [0.2, 0.25) is 0 Å². The SMILES string of the molecule is CCC1(Cc2cn3ccccc3n2)CCCN1. The number of rotatable bonds is 3. The van der Waals surface area contributed by atoms with Gasteiger partial charge in [-0.3, -0.25) is 0 Å². The third-order valence-electron chi connectivity index (χ3n) is 3.94. The Bertz CT molecular complexity index is 476. The van der Waals surface area contributed by atoms with E-state index in [1.807, 2.05) is 12.1 Å². The van der Waals surface area contributed by atoms with Gasteiger partial charge >= 0.3 is 0 Å². The molecule has 2 aromatic rings. The van der Waals surface area contributed by atoms with Gasteiger partial charge in [-0.05, 0) is 37.9 Å². The number of aromatic nitrogens is 2. The van der Waals surface area contributed by atoms with Crippen molar-refractivity contribution in [1.29, 1.82) is 0 Å². The highest BCUT2D eigenvalue weighted by atomic mass is 15.0. The molecular weight excluding hydrogens is 210 g/mol. The maximum Gasteiger partial charge on any atom is 0.136 e. The van der Waals surface area contributed by atoms with E-state index in [-0.39, 0.29) is 5.54 Å². The highest BCUT2D eigenvalue weighted by molar-refractivity contribution is 5.39. The molecule has 0 radical (unpaired) electrons. The first-order valence-electron chi connectivity index (χ1n) is 6.49. The molecule has 1 N–H and O–H groups in total. The van der Waals surface area contributed by atoms with Crippen LogP contribution < -0.4 is 5.32 Å². The predicted molar refractivity (Wildman–Crippen MR) is 69.2 cm³/mol. The number of imidazole rings is 1. The molecule has 3 heterocycles. The van der Waals surface area contributed by atoms with Gasteiger partial charge < -0.3 is 9.72 Å². The summed E-state index contributed by atoms with van der Waals surface area (Å²) in [7, 11) is 0. The molecule has 0 aliphatic carbocycles. The molecular formula is C14H19N3. The Balaban J connectivity index is 1.89. The molecule has 1 fully saturated rings. The fraction of sp³-hybridized carbons (Fsp3) is 0.500. The highest BCUT2D eigenvalue weighted by Crippen LogP contribution is 2.27. The van der Waals surface area contributed by atoms with Crippen molar-refractivity contribution in [2.24, 2.45) is 0 Å². The molecule has 17 heavy (non-hydrogen) atoms. The van der Waals surface area contributed by atoms with Crippen LogP contribution in [0.3, 0.4) is 0 Å². The molecule has 1 saturated heterocycles. The molecule has 3 heteroatoms. The third-order valence-corrected chi connectivity index (χ3v) is 3.94. The van der Waals surface area contributed by atoms with Gasteiger partial charge in [-0.25, -0.2) is 4.98 Å². The van der Waals surface area contributed by atoms with Crippen molar-refractivity contribution in [2.45, 2.75) is 38.1 Å². The van der Waals surface area contributed by atoms with E-state index in [1.165, 1.54) is 25.0 Å². The Morgan fingerprint density at radius 3 is 3.12 bits per heavy atom. The molecule has 3 rings (SSSR count). The summed E-state index contributed by atoms with van der Waals surface area (Å²) in [6, 6.07) is 6.14. The van der Waals surface area contributed by atoms with Crippen molar-refractivity contribution >= 4 is 5.65 Å². The van der Waals surface area contributed by atoms with E-state index in [0.29, 0.717) is 0 Å². The van der Waals surface area contributed by atoms with Gasteiger partial charge in [0, 0.05) is 24.4 Å². The summed E-state index contributed by atoms with van der Waals surface area (Å²) >= 11 is 0. The van der Waals surface area contributed by atoms with E-state index in [9.17, 15) is 0 Å². The lowest BCUT2D eigenvalue weighted by Gasteiger charge is -2.27. The first-order chi connectivity index (χ1) is 8.31. The van der Waals surface area contributed by atoms with E-state index < -0.39 is 0 Å². The number of hydrogen-bond acceptors (Lipinski definition) is 2. The molecule has 2 aromatic heterocycles. The smallest absolute Gasteiger partial charge is 0.136 e. The number of pyridine rings is 1. The lowest BCUT2D eigenvalue weighted by atomic mass is 9.89. The second kappa shape index (κ2) is 4.15. The third kappa shape index (κ3) is 1.95. The zero-order chi connectivity index (χ0) is 11.7. The van der Waals surface area contributed by atoms with Gasteiger partial charge in [0.15, 0.2) is 0 Å². The zero-order valence-electron chi connectivity index (χ0n) is 10.3. The Morgan fingerprint density at radius 2 is 2.41 bits per heavy atom. The number of nitrogens with zero attached hydrogens (tertiary/aromatic N) is 2. The van der Waals surface area contributed by atoms with Crippen LogP contribution in [0.1, 0.15) is 31.9 Å². The quantitative estimate of drug-likeness (QED) is 0.875. The largest absolute Gasteiger partial charge is 0.311 e. The van der Waals surface area contributed by atoms with Crippen LogP contribution in [0.25, 0.3) is 5.65 Å². The van der Waals surface area contributed by atoms with Crippen LogP contribution >= 0.6 is 0 Å². The summed E-state index contributed by atoms with van der Waals surface area (Å²) in [5.74, 6) is 0. The van der Waals surface area contributed by atoms with Crippen LogP contribution in [0.4, 0.5) is 0 Å². The van der Waals surface area contributed by atoms with Crippen molar-refractivity contribution in [3.05, 3.63) is 36.3 Å². The molecule has 3 nitrogen and oxygen atoms in total. The molecule has 1 aliphatic heterocycles. The summed E-state index contributed by atoms with van der Waals surface area (Å²) in [6.45, 7) is 3.43. The molecule has 1 atom stereocenters. The van der Waals surface area contributed by atoms with Crippen molar-refractivity contribution in [3.63, 3.8) is 0 Å². The predicted octanol–water partition coefficient (Wildman–Crippen LogP) is 2.41. The summed E-state index contributed by atoms with van der Waals surface area (Å²) in [4.78, 5) is 4.69. The van der Waals surface area contributed by atoms with Gasteiger partial charge in [0.05, 0.1) is 5.69 Å². The van der Waals surface area contributed by atoms with E-state index in [4.69, 9.17) is 4.98 Å². The van der Waals surface area contributed by atoms with Crippen molar-refractivity contribution in [1.82, 2.24) is 14.7 Å². The van der Waals surface area contributed by atoms with Crippen molar-refractivity contribution in [2.75, 3.05) is 6.54 Å². The average Bonchev–Trinajstić information content (AvgIpc) is 2.95.